The van der Waals surface area contributed by atoms with E-state index in [2.05, 4.69) is 5.32 Å². The third kappa shape index (κ3) is 3.01. The molecule has 0 saturated carbocycles. The fraction of sp³-hybridized carbons (Fsp3) is 0.273. The second-order valence-corrected chi connectivity index (χ2v) is 3.59. The van der Waals surface area contributed by atoms with Crippen LogP contribution in [0.25, 0.3) is 0 Å². The molecule has 0 aliphatic carbocycles. The van der Waals surface area contributed by atoms with Gasteiger partial charge in [0.05, 0.1) is 16.7 Å². The Balaban J connectivity index is 3.09. The van der Waals surface area contributed by atoms with E-state index in [1.165, 1.54) is 6.07 Å². The van der Waals surface area contributed by atoms with Gasteiger partial charge >= 0.3 is 0 Å². The number of nitriles is 1. The van der Waals surface area contributed by atoms with Gasteiger partial charge in [-0.2, -0.15) is 5.26 Å². The predicted molar refractivity (Wildman–Crippen MR) is 61.4 cm³/mol. The summed E-state index contributed by atoms with van der Waals surface area (Å²) in [5, 5.41) is 21.6. The van der Waals surface area contributed by atoms with Crippen molar-refractivity contribution < 1.29 is 9.72 Å². The van der Waals surface area contributed by atoms with Crippen LogP contribution in [0.4, 0.5) is 11.4 Å². The second-order valence-electron chi connectivity index (χ2n) is 3.59. The Hall–Kier alpha value is -2.42. The standard InChI is InChI=1S/C11H11N3O3/c1-7-5-8(2)10(14(16)17)6-9(7)13-11(15)3-4-12/h5-6H,3H2,1-2H3,(H,13,15). The normalized spacial score (nSPS) is 9.47. The van der Waals surface area contributed by atoms with Gasteiger partial charge in [0.15, 0.2) is 0 Å². The lowest BCUT2D eigenvalue weighted by atomic mass is 10.1. The smallest absolute Gasteiger partial charge is 0.274 e. The highest BCUT2D eigenvalue weighted by Gasteiger charge is 2.14. The zero-order chi connectivity index (χ0) is 13.0. The van der Waals surface area contributed by atoms with Crippen LogP contribution in [0.15, 0.2) is 12.1 Å². The Morgan fingerprint density at radius 2 is 2.12 bits per heavy atom. The molecule has 0 unspecified atom stereocenters. The van der Waals surface area contributed by atoms with Gasteiger partial charge in [0.25, 0.3) is 5.69 Å². The molecule has 1 amide bonds. The molecule has 1 aromatic rings. The van der Waals surface area contributed by atoms with Gasteiger partial charge in [0, 0.05) is 11.6 Å². The van der Waals surface area contributed by atoms with E-state index in [0.717, 1.165) is 5.56 Å². The highest BCUT2D eigenvalue weighted by Crippen LogP contribution is 2.26. The molecule has 6 heteroatoms. The van der Waals surface area contributed by atoms with Crippen molar-refractivity contribution in [3.05, 3.63) is 33.4 Å². The van der Waals surface area contributed by atoms with Crippen LogP contribution in [0.3, 0.4) is 0 Å². The van der Waals surface area contributed by atoms with E-state index in [9.17, 15) is 14.9 Å². The SMILES string of the molecule is Cc1cc(C)c([N+](=O)[O-])cc1NC(=O)CC#N. The number of nitro groups is 1. The van der Waals surface area contributed by atoms with Gasteiger partial charge in [-0.3, -0.25) is 14.9 Å². The molecule has 0 atom stereocenters. The van der Waals surface area contributed by atoms with E-state index in [1.54, 1.807) is 26.0 Å². The number of nitrogens with zero attached hydrogens (tertiary/aromatic N) is 2. The highest BCUT2D eigenvalue weighted by atomic mass is 16.6. The van der Waals surface area contributed by atoms with E-state index < -0.39 is 10.8 Å². The number of benzene rings is 1. The number of carbonyl (C=O) groups is 1. The Morgan fingerprint density at radius 1 is 1.47 bits per heavy atom. The van der Waals surface area contributed by atoms with Gasteiger partial charge in [0.1, 0.15) is 6.42 Å². The summed E-state index contributed by atoms with van der Waals surface area (Å²) in [6, 6.07) is 4.64. The zero-order valence-corrected chi connectivity index (χ0v) is 9.48. The van der Waals surface area contributed by atoms with E-state index >= 15 is 0 Å². The number of nitro benzene ring substituents is 1. The minimum Gasteiger partial charge on any atom is -0.325 e. The number of carbonyl (C=O) groups excluding carboxylic acids is 1. The highest BCUT2D eigenvalue weighted by molar-refractivity contribution is 5.93. The summed E-state index contributed by atoms with van der Waals surface area (Å²) in [6.45, 7) is 3.37. The Bertz CT molecular complexity index is 517. The van der Waals surface area contributed by atoms with Crippen LogP contribution in [0.1, 0.15) is 17.5 Å². The summed E-state index contributed by atoms with van der Waals surface area (Å²) >= 11 is 0. The van der Waals surface area contributed by atoms with Crippen molar-refractivity contribution in [2.75, 3.05) is 5.32 Å². The molecule has 0 heterocycles. The van der Waals surface area contributed by atoms with Crippen molar-refractivity contribution in [2.24, 2.45) is 0 Å². The topological polar surface area (TPSA) is 96.0 Å². The molecule has 1 N–H and O–H groups in total. The van der Waals surface area contributed by atoms with Gasteiger partial charge in [-0.1, -0.05) is 0 Å². The second kappa shape index (κ2) is 5.07. The molecule has 6 nitrogen and oxygen atoms in total. The van der Waals surface area contributed by atoms with Crippen LogP contribution < -0.4 is 5.32 Å². The summed E-state index contributed by atoms with van der Waals surface area (Å²) in [6.07, 6.45) is -0.277. The van der Waals surface area contributed by atoms with Crippen LogP contribution in [-0.4, -0.2) is 10.8 Å². The summed E-state index contributed by atoms with van der Waals surface area (Å²) < 4.78 is 0. The number of nitrogens with one attached hydrogen (secondary N) is 1. The minimum absolute atomic E-state index is 0.0529. The first-order valence-electron chi connectivity index (χ1n) is 4.88. The molecule has 88 valence electrons. The van der Waals surface area contributed by atoms with Crippen LogP contribution in [0.2, 0.25) is 0 Å². The van der Waals surface area contributed by atoms with Crippen molar-refractivity contribution in [1.29, 1.82) is 5.26 Å². The molecule has 0 fully saturated rings. The number of hydrogen-bond acceptors (Lipinski definition) is 4. The van der Waals surface area contributed by atoms with Crippen molar-refractivity contribution in [3.63, 3.8) is 0 Å². The monoisotopic (exact) mass is 233 g/mol. The van der Waals surface area contributed by atoms with Gasteiger partial charge in [-0.25, -0.2) is 0 Å². The maximum absolute atomic E-state index is 11.2. The maximum atomic E-state index is 11.2. The number of anilines is 1. The molecular formula is C11H11N3O3. The first-order chi connectivity index (χ1) is 7.95. The lowest BCUT2D eigenvalue weighted by Crippen LogP contribution is -2.11. The van der Waals surface area contributed by atoms with Gasteiger partial charge in [-0.05, 0) is 25.5 Å². The zero-order valence-electron chi connectivity index (χ0n) is 9.48. The van der Waals surface area contributed by atoms with Crippen molar-refractivity contribution in [2.45, 2.75) is 20.3 Å². The molecule has 0 aliphatic heterocycles. The van der Waals surface area contributed by atoms with Gasteiger partial charge in [-0.15, -0.1) is 0 Å². The molecule has 0 bridgehead atoms. The molecule has 1 aromatic carbocycles. The first kappa shape index (κ1) is 12.6. The fourth-order valence-electron chi connectivity index (χ4n) is 1.44. The van der Waals surface area contributed by atoms with Crippen molar-refractivity contribution in [3.8, 4) is 6.07 Å². The van der Waals surface area contributed by atoms with E-state index in [4.69, 9.17) is 5.26 Å². The molecule has 0 aliphatic rings. The summed E-state index contributed by atoms with van der Waals surface area (Å²) in [7, 11) is 0. The average molecular weight is 233 g/mol. The molecular weight excluding hydrogens is 222 g/mol. The number of aryl methyl sites for hydroxylation is 2. The third-order valence-corrected chi connectivity index (χ3v) is 2.25. The van der Waals surface area contributed by atoms with E-state index in [-0.39, 0.29) is 12.1 Å². The fourth-order valence-corrected chi connectivity index (χ4v) is 1.44. The quantitative estimate of drug-likeness (QED) is 0.638. The molecule has 0 spiro atoms. The summed E-state index contributed by atoms with van der Waals surface area (Å²) in [5.74, 6) is -0.478. The van der Waals surface area contributed by atoms with Gasteiger partial charge < -0.3 is 5.32 Å². The molecule has 1 rings (SSSR count). The van der Waals surface area contributed by atoms with E-state index in [0.29, 0.717) is 11.3 Å². The maximum Gasteiger partial charge on any atom is 0.274 e. The molecule has 0 aromatic heterocycles. The Morgan fingerprint density at radius 3 is 2.65 bits per heavy atom. The van der Waals surface area contributed by atoms with Crippen LogP contribution in [0, 0.1) is 35.3 Å². The van der Waals surface area contributed by atoms with Crippen LogP contribution in [0.5, 0.6) is 0 Å². The summed E-state index contributed by atoms with van der Waals surface area (Å²) in [4.78, 5) is 21.5. The lowest BCUT2D eigenvalue weighted by Gasteiger charge is -2.08. The Kier molecular flexibility index (Phi) is 3.78. The molecule has 0 saturated heterocycles. The van der Waals surface area contributed by atoms with Crippen molar-refractivity contribution >= 4 is 17.3 Å². The lowest BCUT2D eigenvalue weighted by molar-refractivity contribution is -0.385. The van der Waals surface area contributed by atoms with Gasteiger partial charge in [0.2, 0.25) is 5.91 Å². The van der Waals surface area contributed by atoms with Crippen LogP contribution >= 0.6 is 0 Å². The third-order valence-electron chi connectivity index (χ3n) is 2.25. The Labute approximate surface area is 98.0 Å². The first-order valence-corrected chi connectivity index (χ1v) is 4.88. The van der Waals surface area contributed by atoms with E-state index in [1.807, 2.05) is 0 Å². The molecule has 0 radical (unpaired) electrons. The average Bonchev–Trinajstić information content (AvgIpc) is 2.21. The van der Waals surface area contributed by atoms with Crippen LogP contribution in [-0.2, 0) is 4.79 Å². The minimum atomic E-state index is -0.505. The number of rotatable bonds is 3. The predicted octanol–water partition coefficient (Wildman–Crippen LogP) is 2.06. The molecule has 17 heavy (non-hydrogen) atoms. The van der Waals surface area contributed by atoms with Crippen molar-refractivity contribution in [1.82, 2.24) is 0 Å². The summed E-state index contributed by atoms with van der Waals surface area (Å²) in [5.41, 5.74) is 1.57. The largest absolute Gasteiger partial charge is 0.325 e. The number of hydrogen-bond donors (Lipinski definition) is 1. The number of amides is 1.